The number of hydrogen-bond acceptors (Lipinski definition) is 1. The Bertz CT molecular complexity index is 195. The monoisotopic (exact) mass is 193 g/mol. The third kappa shape index (κ3) is 3.67. The number of rotatable bonds is 5. The quantitative estimate of drug-likeness (QED) is 0.605. The molecular formula is C13H23N. The Balaban J connectivity index is 2.50. The van der Waals surface area contributed by atoms with Crippen molar-refractivity contribution in [2.75, 3.05) is 13.1 Å². The van der Waals surface area contributed by atoms with Crippen LogP contribution >= 0.6 is 0 Å². The molecule has 1 nitrogen and oxygen atoms in total. The van der Waals surface area contributed by atoms with Crippen LogP contribution < -0.4 is 0 Å². The van der Waals surface area contributed by atoms with Crippen molar-refractivity contribution in [1.82, 2.24) is 4.90 Å². The molecule has 0 amide bonds. The van der Waals surface area contributed by atoms with E-state index in [0.29, 0.717) is 0 Å². The van der Waals surface area contributed by atoms with E-state index in [1.54, 1.807) is 0 Å². The van der Waals surface area contributed by atoms with Crippen LogP contribution in [0.4, 0.5) is 0 Å². The number of nitrogens with zero attached hydrogens (tertiary/aromatic N) is 1. The SMILES string of the molecule is C=C(C)CN(CC(=C)C)C1CCCC1. The van der Waals surface area contributed by atoms with Crippen molar-refractivity contribution in [3.8, 4) is 0 Å². The van der Waals surface area contributed by atoms with Crippen molar-refractivity contribution in [3.05, 3.63) is 24.3 Å². The first-order valence-corrected chi connectivity index (χ1v) is 5.62. The molecule has 1 heteroatoms. The molecule has 1 fully saturated rings. The van der Waals surface area contributed by atoms with Gasteiger partial charge in [0, 0.05) is 19.1 Å². The molecule has 0 heterocycles. The predicted molar refractivity (Wildman–Crippen MR) is 63.5 cm³/mol. The van der Waals surface area contributed by atoms with Crippen LogP contribution in [0.25, 0.3) is 0 Å². The summed E-state index contributed by atoms with van der Waals surface area (Å²) in [6.07, 6.45) is 5.52. The fourth-order valence-electron chi connectivity index (χ4n) is 2.28. The fourth-order valence-corrected chi connectivity index (χ4v) is 2.28. The van der Waals surface area contributed by atoms with E-state index in [1.165, 1.54) is 36.8 Å². The Kier molecular flexibility index (Phi) is 4.40. The minimum absolute atomic E-state index is 0.781. The lowest BCUT2D eigenvalue weighted by Crippen LogP contribution is -2.35. The molecule has 14 heavy (non-hydrogen) atoms. The molecule has 80 valence electrons. The van der Waals surface area contributed by atoms with Gasteiger partial charge in [0.2, 0.25) is 0 Å². The second kappa shape index (κ2) is 5.35. The van der Waals surface area contributed by atoms with Gasteiger partial charge in [0.15, 0.2) is 0 Å². The first-order chi connectivity index (χ1) is 6.59. The van der Waals surface area contributed by atoms with Gasteiger partial charge in [-0.15, -0.1) is 0 Å². The van der Waals surface area contributed by atoms with Gasteiger partial charge >= 0.3 is 0 Å². The van der Waals surface area contributed by atoms with Gasteiger partial charge in [-0.2, -0.15) is 0 Å². The summed E-state index contributed by atoms with van der Waals surface area (Å²) in [6.45, 7) is 14.3. The average Bonchev–Trinajstić information content (AvgIpc) is 2.52. The van der Waals surface area contributed by atoms with E-state index in [-0.39, 0.29) is 0 Å². The second-order valence-corrected chi connectivity index (χ2v) is 4.76. The molecule has 1 rings (SSSR count). The first-order valence-electron chi connectivity index (χ1n) is 5.62. The lowest BCUT2D eigenvalue weighted by atomic mass is 10.1. The molecule has 0 spiro atoms. The molecule has 0 radical (unpaired) electrons. The van der Waals surface area contributed by atoms with Gasteiger partial charge in [0.25, 0.3) is 0 Å². The van der Waals surface area contributed by atoms with Crippen molar-refractivity contribution < 1.29 is 0 Å². The molecule has 0 aromatic carbocycles. The molecule has 1 aliphatic carbocycles. The van der Waals surface area contributed by atoms with E-state index < -0.39 is 0 Å². The second-order valence-electron chi connectivity index (χ2n) is 4.76. The van der Waals surface area contributed by atoms with Gasteiger partial charge in [-0.1, -0.05) is 37.1 Å². The third-order valence-corrected chi connectivity index (χ3v) is 2.79. The smallest absolute Gasteiger partial charge is 0.0193 e. The Morgan fingerprint density at radius 2 is 1.50 bits per heavy atom. The summed E-state index contributed by atoms with van der Waals surface area (Å²) >= 11 is 0. The largest absolute Gasteiger partial charge is 0.293 e. The highest BCUT2D eigenvalue weighted by molar-refractivity contribution is 5.00. The van der Waals surface area contributed by atoms with Crippen molar-refractivity contribution in [1.29, 1.82) is 0 Å². The predicted octanol–water partition coefficient (Wildman–Crippen LogP) is 3.38. The van der Waals surface area contributed by atoms with E-state index >= 15 is 0 Å². The molecule has 0 unspecified atom stereocenters. The third-order valence-electron chi connectivity index (χ3n) is 2.79. The summed E-state index contributed by atoms with van der Waals surface area (Å²) in [5.41, 5.74) is 2.52. The van der Waals surface area contributed by atoms with Crippen LogP contribution in [0.1, 0.15) is 39.5 Å². The fraction of sp³-hybridized carbons (Fsp3) is 0.692. The minimum atomic E-state index is 0.781. The van der Waals surface area contributed by atoms with Gasteiger partial charge < -0.3 is 0 Å². The molecule has 0 bridgehead atoms. The van der Waals surface area contributed by atoms with Gasteiger partial charge in [-0.05, 0) is 26.7 Å². The maximum atomic E-state index is 4.00. The molecule has 0 N–H and O–H groups in total. The molecule has 0 atom stereocenters. The van der Waals surface area contributed by atoms with Crippen LogP contribution in [0.2, 0.25) is 0 Å². The lowest BCUT2D eigenvalue weighted by Gasteiger charge is -2.29. The van der Waals surface area contributed by atoms with Crippen molar-refractivity contribution in [2.45, 2.75) is 45.6 Å². The van der Waals surface area contributed by atoms with Crippen molar-refractivity contribution >= 4 is 0 Å². The molecule has 0 aromatic heterocycles. The molecular weight excluding hydrogens is 170 g/mol. The van der Waals surface area contributed by atoms with E-state index in [2.05, 4.69) is 31.9 Å². The molecule has 0 saturated heterocycles. The normalized spacial score (nSPS) is 17.6. The highest BCUT2D eigenvalue weighted by Gasteiger charge is 2.21. The van der Waals surface area contributed by atoms with Gasteiger partial charge in [-0.25, -0.2) is 0 Å². The van der Waals surface area contributed by atoms with Gasteiger partial charge in [0.1, 0.15) is 0 Å². The standard InChI is InChI=1S/C13H23N/c1-11(2)9-14(10-12(3)4)13-7-5-6-8-13/h13H,1,3,5-10H2,2,4H3. The van der Waals surface area contributed by atoms with Crippen LogP contribution in [0.3, 0.4) is 0 Å². The molecule has 0 aromatic rings. The molecule has 1 aliphatic rings. The zero-order chi connectivity index (χ0) is 10.6. The lowest BCUT2D eigenvalue weighted by molar-refractivity contribution is 0.234. The van der Waals surface area contributed by atoms with Gasteiger partial charge in [-0.3, -0.25) is 4.90 Å². The zero-order valence-corrected chi connectivity index (χ0v) is 9.68. The van der Waals surface area contributed by atoms with E-state index in [0.717, 1.165) is 19.1 Å². The van der Waals surface area contributed by atoms with E-state index in [9.17, 15) is 0 Å². The van der Waals surface area contributed by atoms with Crippen molar-refractivity contribution in [2.24, 2.45) is 0 Å². The Morgan fingerprint density at radius 1 is 1.07 bits per heavy atom. The summed E-state index contributed by atoms with van der Waals surface area (Å²) in [5, 5.41) is 0. The van der Waals surface area contributed by atoms with Crippen LogP contribution in [0, 0.1) is 0 Å². The summed E-state index contributed by atoms with van der Waals surface area (Å²) < 4.78 is 0. The van der Waals surface area contributed by atoms with Crippen molar-refractivity contribution in [3.63, 3.8) is 0 Å². The summed E-state index contributed by atoms with van der Waals surface area (Å²) in [7, 11) is 0. The maximum absolute atomic E-state index is 4.00. The van der Waals surface area contributed by atoms with Crippen LogP contribution in [0.5, 0.6) is 0 Å². The summed E-state index contributed by atoms with van der Waals surface area (Å²) in [5.74, 6) is 0. The average molecular weight is 193 g/mol. The van der Waals surface area contributed by atoms with Crippen LogP contribution in [-0.2, 0) is 0 Å². The van der Waals surface area contributed by atoms with E-state index in [4.69, 9.17) is 0 Å². The zero-order valence-electron chi connectivity index (χ0n) is 9.68. The Labute approximate surface area is 88.5 Å². The Morgan fingerprint density at radius 3 is 1.86 bits per heavy atom. The first kappa shape index (κ1) is 11.5. The molecule has 1 saturated carbocycles. The highest BCUT2D eigenvalue weighted by Crippen LogP contribution is 2.24. The molecule has 0 aliphatic heterocycles. The highest BCUT2D eigenvalue weighted by atomic mass is 15.2. The maximum Gasteiger partial charge on any atom is 0.0193 e. The van der Waals surface area contributed by atoms with Gasteiger partial charge in [0.05, 0.1) is 0 Å². The Hall–Kier alpha value is -0.560. The topological polar surface area (TPSA) is 3.24 Å². The summed E-state index contributed by atoms with van der Waals surface area (Å²) in [4.78, 5) is 2.54. The summed E-state index contributed by atoms with van der Waals surface area (Å²) in [6, 6.07) is 0.781. The van der Waals surface area contributed by atoms with E-state index in [1.807, 2.05) is 0 Å². The van der Waals surface area contributed by atoms with Crippen LogP contribution in [-0.4, -0.2) is 24.0 Å². The van der Waals surface area contributed by atoms with Crippen LogP contribution in [0.15, 0.2) is 24.3 Å². The number of hydrogen-bond donors (Lipinski definition) is 0. The minimum Gasteiger partial charge on any atom is -0.293 e.